The molecule has 4 rings (SSSR count). The Morgan fingerprint density at radius 2 is 1.88 bits per heavy atom. The zero-order valence-electron chi connectivity index (χ0n) is 19.1. The smallest absolute Gasteiger partial charge is 0.345 e. The van der Waals surface area contributed by atoms with E-state index in [0.717, 1.165) is 11.4 Å². The van der Waals surface area contributed by atoms with Crippen LogP contribution in [0.4, 0.5) is 5.69 Å². The standard InChI is InChI=1S/C26H24N4O4/c1-4-33-23-15-19(12-13-22(23)34-26(32)20-9-8-14-27-17-20)16-28-24-18(2)29(3)30(25(24)31)21-10-6-5-7-11-21/h5-17H,4H2,1-3H3. The maximum absolute atomic E-state index is 13.1. The van der Waals surface area contributed by atoms with Gasteiger partial charge in [-0.05, 0) is 61.9 Å². The van der Waals surface area contributed by atoms with Crippen LogP contribution in [-0.2, 0) is 7.05 Å². The summed E-state index contributed by atoms with van der Waals surface area (Å²) in [7, 11) is 1.82. The van der Waals surface area contributed by atoms with Crippen LogP contribution in [0, 0.1) is 6.92 Å². The molecule has 0 N–H and O–H groups in total. The first-order chi connectivity index (χ1) is 16.5. The molecule has 0 aliphatic carbocycles. The van der Waals surface area contributed by atoms with Gasteiger partial charge >= 0.3 is 5.97 Å². The summed E-state index contributed by atoms with van der Waals surface area (Å²) in [6.45, 7) is 4.07. The van der Waals surface area contributed by atoms with E-state index in [9.17, 15) is 9.59 Å². The fourth-order valence-corrected chi connectivity index (χ4v) is 3.44. The average Bonchev–Trinajstić information content (AvgIpc) is 3.07. The Kier molecular flexibility index (Phi) is 6.68. The molecule has 0 aliphatic heterocycles. The summed E-state index contributed by atoms with van der Waals surface area (Å²) in [4.78, 5) is 33.9. The van der Waals surface area contributed by atoms with Gasteiger partial charge in [-0.25, -0.2) is 14.5 Å². The minimum Gasteiger partial charge on any atom is -0.490 e. The molecule has 0 bridgehead atoms. The lowest BCUT2D eigenvalue weighted by Gasteiger charge is -2.11. The van der Waals surface area contributed by atoms with Gasteiger partial charge in [-0.15, -0.1) is 0 Å². The van der Waals surface area contributed by atoms with Gasteiger partial charge in [-0.3, -0.25) is 14.5 Å². The van der Waals surface area contributed by atoms with Crippen molar-refractivity contribution in [2.24, 2.45) is 12.0 Å². The average molecular weight is 457 g/mol. The molecule has 0 atom stereocenters. The van der Waals surface area contributed by atoms with E-state index < -0.39 is 5.97 Å². The number of nitrogens with zero attached hydrogens (tertiary/aromatic N) is 4. The van der Waals surface area contributed by atoms with Crippen LogP contribution in [0.3, 0.4) is 0 Å². The van der Waals surface area contributed by atoms with E-state index in [2.05, 4.69) is 9.98 Å². The lowest BCUT2D eigenvalue weighted by Crippen LogP contribution is -2.19. The third kappa shape index (κ3) is 4.66. The largest absolute Gasteiger partial charge is 0.490 e. The first-order valence-corrected chi connectivity index (χ1v) is 10.8. The number of carbonyl (C=O) groups is 1. The van der Waals surface area contributed by atoms with Crippen molar-refractivity contribution in [3.05, 3.63) is 100 Å². The predicted molar refractivity (Wildman–Crippen MR) is 130 cm³/mol. The van der Waals surface area contributed by atoms with Gasteiger partial charge in [0.15, 0.2) is 17.2 Å². The number of ether oxygens (including phenoxy) is 2. The van der Waals surface area contributed by atoms with Gasteiger partial charge < -0.3 is 9.47 Å². The number of hydrogen-bond donors (Lipinski definition) is 0. The van der Waals surface area contributed by atoms with Crippen molar-refractivity contribution in [3.63, 3.8) is 0 Å². The molecule has 0 spiro atoms. The molecule has 8 nitrogen and oxygen atoms in total. The number of aromatic nitrogens is 3. The van der Waals surface area contributed by atoms with E-state index in [1.165, 1.54) is 6.20 Å². The van der Waals surface area contributed by atoms with Crippen molar-refractivity contribution in [2.45, 2.75) is 13.8 Å². The Labute approximate surface area is 196 Å². The Balaban J connectivity index is 1.62. The molecule has 0 amide bonds. The van der Waals surface area contributed by atoms with E-state index in [-0.39, 0.29) is 11.3 Å². The molecule has 172 valence electrons. The predicted octanol–water partition coefficient (Wildman–Crippen LogP) is 4.25. The first-order valence-electron chi connectivity index (χ1n) is 10.8. The van der Waals surface area contributed by atoms with Crippen LogP contribution in [-0.4, -0.2) is 33.1 Å². The fourth-order valence-electron chi connectivity index (χ4n) is 3.44. The molecule has 2 aromatic carbocycles. The molecule has 0 unspecified atom stereocenters. The normalized spacial score (nSPS) is 11.0. The number of carbonyl (C=O) groups excluding carboxylic acids is 1. The van der Waals surface area contributed by atoms with Crippen LogP contribution in [0.25, 0.3) is 5.69 Å². The minimum atomic E-state index is -0.531. The van der Waals surface area contributed by atoms with Crippen LogP contribution >= 0.6 is 0 Å². The van der Waals surface area contributed by atoms with Crippen molar-refractivity contribution >= 4 is 17.9 Å². The second-order valence-electron chi connectivity index (χ2n) is 7.44. The zero-order chi connectivity index (χ0) is 24.1. The number of pyridine rings is 1. The summed E-state index contributed by atoms with van der Waals surface area (Å²) >= 11 is 0. The molecule has 34 heavy (non-hydrogen) atoms. The molecule has 2 aromatic heterocycles. The number of aliphatic imine (C=N–C) groups is 1. The lowest BCUT2D eigenvalue weighted by molar-refractivity contribution is 0.0728. The quantitative estimate of drug-likeness (QED) is 0.236. The van der Waals surface area contributed by atoms with Gasteiger partial charge in [0.05, 0.1) is 23.6 Å². The highest BCUT2D eigenvalue weighted by Crippen LogP contribution is 2.29. The van der Waals surface area contributed by atoms with Gasteiger partial charge in [0, 0.05) is 25.7 Å². The van der Waals surface area contributed by atoms with Crippen LogP contribution in [0.2, 0.25) is 0 Å². The van der Waals surface area contributed by atoms with E-state index in [1.807, 2.05) is 51.2 Å². The highest BCUT2D eigenvalue weighted by molar-refractivity contribution is 5.91. The summed E-state index contributed by atoms with van der Waals surface area (Å²) in [5, 5.41) is 0. The monoisotopic (exact) mass is 456 g/mol. The van der Waals surface area contributed by atoms with Crippen molar-refractivity contribution in [2.75, 3.05) is 6.61 Å². The van der Waals surface area contributed by atoms with E-state index >= 15 is 0 Å². The number of hydrogen-bond acceptors (Lipinski definition) is 6. The number of benzene rings is 2. The molecule has 2 heterocycles. The third-order valence-corrected chi connectivity index (χ3v) is 5.23. The summed E-state index contributed by atoms with van der Waals surface area (Å²) in [5.74, 6) is 0.155. The van der Waals surface area contributed by atoms with Crippen LogP contribution in [0.15, 0.2) is 82.8 Å². The summed E-state index contributed by atoms with van der Waals surface area (Å²) < 4.78 is 14.5. The molecule has 0 aliphatic rings. The highest BCUT2D eigenvalue weighted by Gasteiger charge is 2.16. The first kappa shape index (κ1) is 22.7. The van der Waals surface area contributed by atoms with Gasteiger partial charge in [0.1, 0.15) is 0 Å². The maximum atomic E-state index is 13.1. The van der Waals surface area contributed by atoms with Crippen molar-refractivity contribution in [1.29, 1.82) is 0 Å². The Hall–Kier alpha value is -4.46. The second-order valence-corrected chi connectivity index (χ2v) is 7.44. The maximum Gasteiger partial charge on any atom is 0.345 e. The molecule has 0 saturated carbocycles. The molecular formula is C26H24N4O4. The van der Waals surface area contributed by atoms with Gasteiger partial charge in [0.25, 0.3) is 5.56 Å². The molecule has 0 saturated heterocycles. The summed E-state index contributed by atoms with van der Waals surface area (Å²) in [6, 6.07) is 17.8. The highest BCUT2D eigenvalue weighted by atomic mass is 16.6. The van der Waals surface area contributed by atoms with E-state index in [0.29, 0.717) is 29.2 Å². The number of esters is 1. The summed E-state index contributed by atoms with van der Waals surface area (Å²) in [5.41, 5.74) is 2.66. The van der Waals surface area contributed by atoms with Gasteiger partial charge in [0.2, 0.25) is 0 Å². The molecular weight excluding hydrogens is 432 g/mol. The summed E-state index contributed by atoms with van der Waals surface area (Å²) in [6.07, 6.45) is 4.61. The number of rotatable bonds is 7. The SMILES string of the molecule is CCOc1cc(C=Nc2c(C)n(C)n(-c3ccccc3)c2=O)ccc1OC(=O)c1cccnc1. The van der Waals surface area contributed by atoms with Gasteiger partial charge in [-0.2, -0.15) is 0 Å². The van der Waals surface area contributed by atoms with Crippen molar-refractivity contribution in [1.82, 2.24) is 14.3 Å². The zero-order valence-corrected chi connectivity index (χ0v) is 19.1. The van der Waals surface area contributed by atoms with Crippen LogP contribution < -0.4 is 15.0 Å². The van der Waals surface area contributed by atoms with Crippen LogP contribution in [0.5, 0.6) is 11.5 Å². The fraction of sp³-hybridized carbons (Fsp3) is 0.154. The Morgan fingerprint density at radius 1 is 1.09 bits per heavy atom. The van der Waals surface area contributed by atoms with E-state index in [1.54, 1.807) is 52.1 Å². The lowest BCUT2D eigenvalue weighted by atomic mass is 10.2. The molecule has 0 fully saturated rings. The van der Waals surface area contributed by atoms with Crippen molar-refractivity contribution in [3.8, 4) is 17.2 Å². The third-order valence-electron chi connectivity index (χ3n) is 5.23. The van der Waals surface area contributed by atoms with Gasteiger partial charge in [-0.1, -0.05) is 18.2 Å². The number of para-hydroxylation sites is 1. The van der Waals surface area contributed by atoms with E-state index in [4.69, 9.17) is 9.47 Å². The van der Waals surface area contributed by atoms with Crippen LogP contribution in [0.1, 0.15) is 28.5 Å². The Bertz CT molecular complexity index is 1390. The molecule has 0 radical (unpaired) electrons. The Morgan fingerprint density at radius 3 is 2.59 bits per heavy atom. The molecule has 4 aromatic rings. The minimum absolute atomic E-state index is 0.213. The molecule has 8 heteroatoms. The topological polar surface area (TPSA) is 87.7 Å². The van der Waals surface area contributed by atoms with Crippen molar-refractivity contribution < 1.29 is 14.3 Å². The second kappa shape index (κ2) is 9.99.